The van der Waals surface area contributed by atoms with Crippen molar-refractivity contribution in [2.75, 3.05) is 6.61 Å². The summed E-state index contributed by atoms with van der Waals surface area (Å²) in [6.07, 6.45) is -0.549. The number of ether oxygens (including phenoxy) is 1. The molecule has 1 amide bonds. The van der Waals surface area contributed by atoms with E-state index < -0.39 is 17.2 Å². The van der Waals surface area contributed by atoms with E-state index in [0.717, 1.165) is 10.0 Å². The van der Waals surface area contributed by atoms with Crippen molar-refractivity contribution in [2.45, 2.75) is 38.8 Å². The van der Waals surface area contributed by atoms with Gasteiger partial charge in [-0.05, 0) is 45.4 Å². The summed E-state index contributed by atoms with van der Waals surface area (Å²) in [5.41, 5.74) is -0.632. The highest BCUT2D eigenvalue weighted by atomic mass is 79.9. The minimum atomic E-state index is -0.872. The Kier molecular flexibility index (Phi) is 4.98. The van der Waals surface area contributed by atoms with Crippen molar-refractivity contribution in [3.8, 4) is 0 Å². The lowest BCUT2D eigenvalue weighted by atomic mass is 9.93. The van der Waals surface area contributed by atoms with Gasteiger partial charge in [0.05, 0.1) is 12.1 Å². The van der Waals surface area contributed by atoms with Crippen LogP contribution in [0.4, 0.5) is 4.79 Å². The number of halogens is 1. The van der Waals surface area contributed by atoms with Gasteiger partial charge in [0.2, 0.25) is 0 Å². The average Bonchev–Trinajstić information content (AvgIpc) is 2.26. The smallest absolute Gasteiger partial charge is 0.408 e. The number of hydrogen-bond donors (Lipinski definition) is 2. The van der Waals surface area contributed by atoms with E-state index in [1.54, 1.807) is 27.7 Å². The maximum atomic E-state index is 11.8. The van der Waals surface area contributed by atoms with Gasteiger partial charge in [-0.2, -0.15) is 0 Å². The molecule has 1 aromatic carbocycles. The Bertz CT molecular complexity index is 439. The van der Waals surface area contributed by atoms with Crippen LogP contribution in [0.2, 0.25) is 0 Å². The number of benzene rings is 1. The molecule has 5 heteroatoms. The van der Waals surface area contributed by atoms with Crippen LogP contribution in [0.1, 0.15) is 33.3 Å². The van der Waals surface area contributed by atoms with E-state index in [2.05, 4.69) is 21.2 Å². The third-order valence-electron chi connectivity index (χ3n) is 2.57. The molecule has 2 N–H and O–H groups in total. The molecular weight excluding hydrogens is 310 g/mol. The van der Waals surface area contributed by atoms with Crippen molar-refractivity contribution in [1.82, 2.24) is 5.32 Å². The Balaban J connectivity index is 2.86. The molecule has 0 heterocycles. The molecule has 0 saturated carbocycles. The number of carbonyl (C=O) groups excluding carboxylic acids is 1. The molecule has 0 aromatic heterocycles. The van der Waals surface area contributed by atoms with Crippen molar-refractivity contribution in [3.63, 3.8) is 0 Å². The van der Waals surface area contributed by atoms with E-state index in [4.69, 9.17) is 4.74 Å². The fourth-order valence-electron chi connectivity index (χ4n) is 1.55. The zero-order valence-electron chi connectivity index (χ0n) is 11.7. The normalized spacial score (nSPS) is 14.6. The molecule has 1 unspecified atom stereocenters. The predicted molar refractivity (Wildman–Crippen MR) is 77.9 cm³/mol. The van der Waals surface area contributed by atoms with Gasteiger partial charge < -0.3 is 15.2 Å². The maximum absolute atomic E-state index is 11.8. The van der Waals surface area contributed by atoms with E-state index in [1.165, 1.54) is 0 Å². The second-order valence-corrected chi connectivity index (χ2v) is 6.54. The van der Waals surface area contributed by atoms with Gasteiger partial charge in [-0.25, -0.2) is 4.79 Å². The monoisotopic (exact) mass is 329 g/mol. The van der Waals surface area contributed by atoms with Gasteiger partial charge in [0.15, 0.2) is 0 Å². The lowest BCUT2D eigenvalue weighted by Crippen LogP contribution is -2.48. The summed E-state index contributed by atoms with van der Waals surface area (Å²) in [5.74, 6) is 0. The molecule has 1 atom stereocenters. The second kappa shape index (κ2) is 5.92. The first kappa shape index (κ1) is 16.0. The molecule has 4 nitrogen and oxygen atoms in total. The summed E-state index contributed by atoms with van der Waals surface area (Å²) >= 11 is 3.35. The molecule has 0 aliphatic carbocycles. The quantitative estimate of drug-likeness (QED) is 0.895. The molecule has 0 aliphatic heterocycles. The van der Waals surface area contributed by atoms with Crippen LogP contribution in [0, 0.1) is 0 Å². The van der Waals surface area contributed by atoms with Crippen LogP contribution in [-0.2, 0) is 10.3 Å². The lowest BCUT2D eigenvalue weighted by molar-refractivity contribution is 0.0411. The Morgan fingerprint density at radius 2 is 1.79 bits per heavy atom. The van der Waals surface area contributed by atoms with Crippen molar-refractivity contribution in [2.24, 2.45) is 0 Å². The van der Waals surface area contributed by atoms with Gasteiger partial charge in [0.25, 0.3) is 0 Å². The summed E-state index contributed by atoms with van der Waals surface area (Å²) in [5, 5.41) is 12.3. The molecule has 0 fully saturated rings. The SMILES string of the molecule is CC(C)(C)OC(=O)NC(C)(CO)c1ccc(Br)cc1. The van der Waals surface area contributed by atoms with E-state index in [9.17, 15) is 9.90 Å². The Hall–Kier alpha value is -1.07. The van der Waals surface area contributed by atoms with Crippen LogP contribution in [0.25, 0.3) is 0 Å². The molecule has 0 bridgehead atoms. The van der Waals surface area contributed by atoms with Crippen LogP contribution >= 0.6 is 15.9 Å². The predicted octanol–water partition coefficient (Wildman–Crippen LogP) is 3.18. The van der Waals surface area contributed by atoms with Crippen LogP contribution in [0.3, 0.4) is 0 Å². The van der Waals surface area contributed by atoms with Gasteiger partial charge in [0.1, 0.15) is 5.60 Å². The molecule has 1 aromatic rings. The maximum Gasteiger partial charge on any atom is 0.408 e. The first-order valence-corrected chi connectivity index (χ1v) is 6.84. The number of amides is 1. The van der Waals surface area contributed by atoms with Crippen LogP contribution in [-0.4, -0.2) is 23.4 Å². The molecule has 1 rings (SSSR count). The second-order valence-electron chi connectivity index (χ2n) is 5.62. The third kappa shape index (κ3) is 4.84. The molecule has 19 heavy (non-hydrogen) atoms. The zero-order chi connectivity index (χ0) is 14.7. The fraction of sp³-hybridized carbons (Fsp3) is 0.500. The van der Waals surface area contributed by atoms with E-state index >= 15 is 0 Å². The third-order valence-corrected chi connectivity index (χ3v) is 3.10. The number of aliphatic hydroxyl groups is 1. The fourth-order valence-corrected chi connectivity index (χ4v) is 1.81. The highest BCUT2D eigenvalue weighted by molar-refractivity contribution is 9.10. The van der Waals surface area contributed by atoms with Crippen molar-refractivity contribution < 1.29 is 14.6 Å². The summed E-state index contributed by atoms with van der Waals surface area (Å²) in [6, 6.07) is 7.41. The first-order chi connectivity index (χ1) is 8.66. The average molecular weight is 330 g/mol. The molecule has 106 valence electrons. The van der Waals surface area contributed by atoms with Gasteiger partial charge in [-0.15, -0.1) is 0 Å². The van der Waals surface area contributed by atoms with Crippen molar-refractivity contribution in [3.05, 3.63) is 34.3 Å². The Morgan fingerprint density at radius 3 is 2.21 bits per heavy atom. The van der Waals surface area contributed by atoms with E-state index in [1.807, 2.05) is 24.3 Å². The van der Waals surface area contributed by atoms with Gasteiger partial charge in [-0.1, -0.05) is 28.1 Å². The van der Waals surface area contributed by atoms with E-state index in [-0.39, 0.29) is 6.61 Å². The summed E-state index contributed by atoms with van der Waals surface area (Å²) in [7, 11) is 0. The Labute approximate surface area is 122 Å². The molecular formula is C14H20BrNO3. The first-order valence-electron chi connectivity index (χ1n) is 6.04. The van der Waals surface area contributed by atoms with Crippen LogP contribution in [0.15, 0.2) is 28.7 Å². The molecule has 0 aliphatic rings. The molecule has 0 radical (unpaired) electrons. The van der Waals surface area contributed by atoms with Crippen molar-refractivity contribution >= 4 is 22.0 Å². The zero-order valence-corrected chi connectivity index (χ0v) is 13.2. The molecule has 0 saturated heterocycles. The highest BCUT2D eigenvalue weighted by Crippen LogP contribution is 2.23. The number of aliphatic hydroxyl groups excluding tert-OH is 1. The number of alkyl carbamates (subject to hydrolysis) is 1. The largest absolute Gasteiger partial charge is 0.444 e. The Morgan fingerprint density at radius 1 is 1.26 bits per heavy atom. The van der Waals surface area contributed by atoms with Gasteiger partial charge in [-0.3, -0.25) is 0 Å². The van der Waals surface area contributed by atoms with Crippen LogP contribution < -0.4 is 5.32 Å². The number of nitrogens with one attached hydrogen (secondary N) is 1. The standard InChI is InChI=1S/C14H20BrNO3/c1-13(2,3)19-12(18)16-14(4,9-17)10-5-7-11(15)8-6-10/h5-8,17H,9H2,1-4H3,(H,16,18). The summed E-state index contributed by atoms with van der Waals surface area (Å²) in [6.45, 7) is 6.92. The summed E-state index contributed by atoms with van der Waals surface area (Å²) < 4.78 is 6.15. The molecule has 0 spiro atoms. The van der Waals surface area contributed by atoms with Crippen LogP contribution in [0.5, 0.6) is 0 Å². The number of carbonyl (C=O) groups is 1. The van der Waals surface area contributed by atoms with Crippen molar-refractivity contribution in [1.29, 1.82) is 0 Å². The van der Waals surface area contributed by atoms with E-state index in [0.29, 0.717) is 0 Å². The number of rotatable bonds is 3. The summed E-state index contributed by atoms with van der Waals surface area (Å²) in [4.78, 5) is 11.8. The van der Waals surface area contributed by atoms with Gasteiger partial charge in [0, 0.05) is 4.47 Å². The number of hydrogen-bond acceptors (Lipinski definition) is 3. The topological polar surface area (TPSA) is 58.6 Å². The lowest BCUT2D eigenvalue weighted by Gasteiger charge is -2.31. The van der Waals surface area contributed by atoms with Gasteiger partial charge >= 0.3 is 6.09 Å². The highest BCUT2D eigenvalue weighted by Gasteiger charge is 2.30. The minimum Gasteiger partial charge on any atom is -0.444 e. The minimum absolute atomic E-state index is 0.214.